The summed E-state index contributed by atoms with van der Waals surface area (Å²) in [6.07, 6.45) is -0.277. The number of hydrogen-bond acceptors (Lipinski definition) is 2. The average Bonchev–Trinajstić information content (AvgIpc) is 2.58. The van der Waals surface area contributed by atoms with Crippen LogP contribution in [-0.4, -0.2) is 20.9 Å². The van der Waals surface area contributed by atoms with Crippen LogP contribution in [0.1, 0.15) is 5.56 Å². The van der Waals surface area contributed by atoms with E-state index in [1.807, 2.05) is 30.3 Å². The third-order valence-electron chi connectivity index (χ3n) is 2.53. The first-order valence-electron chi connectivity index (χ1n) is 5.14. The molecule has 1 aromatic carbocycles. The SMILES string of the molecule is Cn1[nH]c(-c2ccccc2)c(CC(=O)O)c1=O. The van der Waals surface area contributed by atoms with E-state index in [1.165, 1.54) is 4.68 Å². The monoisotopic (exact) mass is 232 g/mol. The Bertz CT molecular complexity index is 596. The molecule has 2 N–H and O–H groups in total. The van der Waals surface area contributed by atoms with E-state index in [-0.39, 0.29) is 17.5 Å². The van der Waals surface area contributed by atoms with E-state index in [9.17, 15) is 9.59 Å². The fourth-order valence-corrected chi connectivity index (χ4v) is 1.75. The van der Waals surface area contributed by atoms with Crippen molar-refractivity contribution in [3.8, 4) is 11.3 Å². The van der Waals surface area contributed by atoms with E-state index < -0.39 is 5.97 Å². The third kappa shape index (κ3) is 2.13. The number of carboxylic acid groups (broad SMARTS) is 1. The minimum Gasteiger partial charge on any atom is -0.481 e. The second-order valence-electron chi connectivity index (χ2n) is 3.77. The van der Waals surface area contributed by atoms with Crippen LogP contribution >= 0.6 is 0 Å². The quantitative estimate of drug-likeness (QED) is 0.829. The molecule has 0 spiro atoms. The van der Waals surface area contributed by atoms with Crippen molar-refractivity contribution in [1.29, 1.82) is 0 Å². The molecule has 1 heterocycles. The van der Waals surface area contributed by atoms with Crippen LogP contribution in [0, 0.1) is 0 Å². The highest BCUT2D eigenvalue weighted by atomic mass is 16.4. The fourth-order valence-electron chi connectivity index (χ4n) is 1.75. The number of carboxylic acids is 1. The summed E-state index contributed by atoms with van der Waals surface area (Å²) in [5.74, 6) is -1.01. The van der Waals surface area contributed by atoms with Gasteiger partial charge in [-0.1, -0.05) is 30.3 Å². The molecule has 0 bridgehead atoms. The van der Waals surface area contributed by atoms with Gasteiger partial charge in [-0.3, -0.25) is 19.4 Å². The lowest BCUT2D eigenvalue weighted by Crippen LogP contribution is -2.17. The minimum atomic E-state index is -1.01. The summed E-state index contributed by atoms with van der Waals surface area (Å²) in [5, 5.41) is 11.7. The van der Waals surface area contributed by atoms with Gasteiger partial charge in [-0.25, -0.2) is 0 Å². The van der Waals surface area contributed by atoms with E-state index in [4.69, 9.17) is 5.11 Å². The van der Waals surface area contributed by atoms with Gasteiger partial charge < -0.3 is 5.11 Å². The lowest BCUT2D eigenvalue weighted by Gasteiger charge is -1.99. The van der Waals surface area contributed by atoms with Gasteiger partial charge in [0.2, 0.25) is 0 Å². The first kappa shape index (κ1) is 11.2. The summed E-state index contributed by atoms with van der Waals surface area (Å²) < 4.78 is 1.29. The van der Waals surface area contributed by atoms with Crippen LogP contribution in [0.25, 0.3) is 11.3 Å². The largest absolute Gasteiger partial charge is 0.481 e. The molecule has 0 radical (unpaired) electrons. The number of nitrogens with zero attached hydrogens (tertiary/aromatic N) is 1. The Kier molecular flexibility index (Phi) is 2.82. The van der Waals surface area contributed by atoms with Crippen molar-refractivity contribution in [3.63, 3.8) is 0 Å². The maximum atomic E-state index is 11.8. The maximum Gasteiger partial charge on any atom is 0.308 e. The predicted octanol–water partition coefficient (Wildman–Crippen LogP) is 1.01. The molecule has 0 aliphatic heterocycles. The molecule has 0 atom stereocenters. The number of aromatic amines is 1. The second kappa shape index (κ2) is 4.29. The normalized spacial score (nSPS) is 10.4. The summed E-state index contributed by atoms with van der Waals surface area (Å²) >= 11 is 0. The van der Waals surface area contributed by atoms with Crippen LogP contribution in [0.2, 0.25) is 0 Å². The number of aromatic nitrogens is 2. The Balaban J connectivity index is 2.58. The molecule has 0 unspecified atom stereocenters. The molecule has 0 saturated carbocycles. The van der Waals surface area contributed by atoms with Crippen LogP contribution in [0.15, 0.2) is 35.1 Å². The molecule has 2 aromatic rings. The summed E-state index contributed by atoms with van der Waals surface area (Å²) in [4.78, 5) is 22.5. The standard InChI is InChI=1S/C12H12N2O3/c1-14-12(17)9(7-10(15)16)11(13-14)8-5-3-2-4-6-8/h2-6,13H,7H2,1H3,(H,15,16). The van der Waals surface area contributed by atoms with E-state index in [0.717, 1.165) is 5.56 Å². The van der Waals surface area contributed by atoms with Crippen molar-refractivity contribution in [1.82, 2.24) is 9.78 Å². The van der Waals surface area contributed by atoms with E-state index in [2.05, 4.69) is 5.10 Å². The van der Waals surface area contributed by atoms with Gasteiger partial charge in [-0.2, -0.15) is 0 Å². The smallest absolute Gasteiger partial charge is 0.308 e. The van der Waals surface area contributed by atoms with Crippen molar-refractivity contribution in [2.75, 3.05) is 0 Å². The average molecular weight is 232 g/mol. The van der Waals surface area contributed by atoms with Gasteiger partial charge in [0.1, 0.15) is 0 Å². The van der Waals surface area contributed by atoms with Crippen LogP contribution < -0.4 is 5.56 Å². The maximum absolute atomic E-state index is 11.8. The number of rotatable bonds is 3. The van der Waals surface area contributed by atoms with Gasteiger partial charge in [0.25, 0.3) is 5.56 Å². The number of aryl methyl sites for hydroxylation is 1. The zero-order chi connectivity index (χ0) is 12.4. The van der Waals surface area contributed by atoms with Crippen LogP contribution in [0.4, 0.5) is 0 Å². The molecule has 88 valence electrons. The molecule has 2 rings (SSSR count). The van der Waals surface area contributed by atoms with E-state index in [0.29, 0.717) is 5.69 Å². The van der Waals surface area contributed by atoms with Gasteiger partial charge in [0, 0.05) is 7.05 Å². The lowest BCUT2D eigenvalue weighted by molar-refractivity contribution is -0.136. The van der Waals surface area contributed by atoms with Crippen LogP contribution in [0.5, 0.6) is 0 Å². The van der Waals surface area contributed by atoms with Crippen LogP contribution in [0.3, 0.4) is 0 Å². The van der Waals surface area contributed by atoms with Crippen molar-refractivity contribution in [2.45, 2.75) is 6.42 Å². The summed E-state index contributed by atoms with van der Waals surface area (Å²) in [5.41, 5.74) is 1.36. The molecule has 0 aliphatic carbocycles. The molecule has 0 fully saturated rings. The molecule has 1 aromatic heterocycles. The summed E-state index contributed by atoms with van der Waals surface area (Å²) in [6.45, 7) is 0. The highest BCUT2D eigenvalue weighted by Crippen LogP contribution is 2.19. The number of H-pyrrole nitrogens is 1. The van der Waals surface area contributed by atoms with Crippen molar-refractivity contribution in [2.24, 2.45) is 7.05 Å². The zero-order valence-electron chi connectivity index (χ0n) is 9.30. The highest BCUT2D eigenvalue weighted by molar-refractivity contribution is 5.74. The predicted molar refractivity (Wildman–Crippen MR) is 62.8 cm³/mol. The Hall–Kier alpha value is -2.30. The Morgan fingerprint density at radius 1 is 1.35 bits per heavy atom. The number of hydrogen-bond donors (Lipinski definition) is 2. The number of aliphatic carboxylic acids is 1. The Labute approximate surface area is 97.3 Å². The number of benzene rings is 1. The second-order valence-corrected chi connectivity index (χ2v) is 3.77. The molecule has 17 heavy (non-hydrogen) atoms. The van der Waals surface area contributed by atoms with Gasteiger partial charge >= 0.3 is 5.97 Å². The van der Waals surface area contributed by atoms with Crippen molar-refractivity contribution >= 4 is 5.97 Å². The van der Waals surface area contributed by atoms with Crippen molar-refractivity contribution < 1.29 is 9.90 Å². The van der Waals surface area contributed by atoms with Gasteiger partial charge in [-0.05, 0) is 5.56 Å². The van der Waals surface area contributed by atoms with Gasteiger partial charge in [0.05, 0.1) is 17.7 Å². The summed E-state index contributed by atoms with van der Waals surface area (Å²) in [7, 11) is 1.57. The lowest BCUT2D eigenvalue weighted by atomic mass is 10.1. The molecule has 0 amide bonds. The van der Waals surface area contributed by atoms with Gasteiger partial charge in [-0.15, -0.1) is 0 Å². The Morgan fingerprint density at radius 2 is 2.00 bits per heavy atom. The molecule has 5 heteroatoms. The summed E-state index contributed by atoms with van der Waals surface area (Å²) in [6, 6.07) is 9.20. The molecule has 0 saturated heterocycles. The molecule has 5 nitrogen and oxygen atoms in total. The number of nitrogens with one attached hydrogen (secondary N) is 1. The topological polar surface area (TPSA) is 75.1 Å². The fraction of sp³-hybridized carbons (Fsp3) is 0.167. The highest BCUT2D eigenvalue weighted by Gasteiger charge is 2.16. The minimum absolute atomic E-state index is 0.277. The Morgan fingerprint density at radius 3 is 2.59 bits per heavy atom. The van der Waals surface area contributed by atoms with Gasteiger partial charge in [0.15, 0.2) is 0 Å². The van der Waals surface area contributed by atoms with E-state index in [1.54, 1.807) is 7.05 Å². The van der Waals surface area contributed by atoms with Crippen molar-refractivity contribution in [3.05, 3.63) is 46.2 Å². The third-order valence-corrected chi connectivity index (χ3v) is 2.53. The zero-order valence-corrected chi connectivity index (χ0v) is 9.30. The first-order valence-corrected chi connectivity index (χ1v) is 5.14. The first-order chi connectivity index (χ1) is 8.09. The molecular formula is C12H12N2O3. The molecule has 0 aliphatic rings. The number of carbonyl (C=O) groups is 1. The van der Waals surface area contributed by atoms with Crippen LogP contribution in [-0.2, 0) is 18.3 Å². The van der Waals surface area contributed by atoms with E-state index >= 15 is 0 Å². The molecular weight excluding hydrogens is 220 g/mol.